The molecule has 100 valence electrons. The first-order valence-corrected chi connectivity index (χ1v) is 5.67. The molecule has 1 rings (SSSR count). The van der Waals surface area contributed by atoms with E-state index in [-0.39, 0.29) is 18.7 Å². The molecule has 1 aliphatic heterocycles. The third kappa shape index (κ3) is 4.89. The molecule has 0 aromatic carbocycles. The Balaban J connectivity index is 2.54. The third-order valence-electron chi connectivity index (χ3n) is 2.23. The van der Waals surface area contributed by atoms with E-state index < -0.39 is 5.60 Å². The van der Waals surface area contributed by atoms with Crippen LogP contribution in [-0.4, -0.2) is 56.1 Å². The van der Waals surface area contributed by atoms with Gasteiger partial charge in [-0.1, -0.05) is 0 Å². The van der Waals surface area contributed by atoms with Crippen molar-refractivity contribution in [3.05, 3.63) is 0 Å². The summed E-state index contributed by atoms with van der Waals surface area (Å²) in [5.41, 5.74) is -0.498. The summed E-state index contributed by atoms with van der Waals surface area (Å²) in [7, 11) is 1.43. The van der Waals surface area contributed by atoms with Crippen molar-refractivity contribution in [2.75, 3.05) is 33.5 Å². The summed E-state index contributed by atoms with van der Waals surface area (Å²) < 4.78 is 10.6. The van der Waals surface area contributed by atoms with Crippen LogP contribution >= 0.6 is 0 Å². The van der Waals surface area contributed by atoms with Crippen LogP contribution in [0.15, 0.2) is 0 Å². The zero-order valence-corrected chi connectivity index (χ0v) is 10.9. The lowest BCUT2D eigenvalue weighted by molar-refractivity contribution is -0.283. The highest BCUT2D eigenvalue weighted by molar-refractivity contribution is 5.68. The normalized spacial score (nSPS) is 21.4. The summed E-state index contributed by atoms with van der Waals surface area (Å²) in [6, 6.07) is -0.168. The van der Waals surface area contributed by atoms with E-state index in [4.69, 9.17) is 14.4 Å². The molecule has 1 atom stereocenters. The number of carbonyl (C=O) groups is 1. The van der Waals surface area contributed by atoms with Crippen LogP contribution in [0.25, 0.3) is 0 Å². The van der Waals surface area contributed by atoms with Gasteiger partial charge in [-0.25, -0.2) is 14.6 Å². The van der Waals surface area contributed by atoms with Gasteiger partial charge in [-0.05, 0) is 20.8 Å². The number of amides is 1. The Kier molecular flexibility index (Phi) is 5.17. The molecule has 0 unspecified atom stereocenters. The largest absolute Gasteiger partial charge is 0.444 e. The van der Waals surface area contributed by atoms with E-state index >= 15 is 0 Å². The fourth-order valence-corrected chi connectivity index (χ4v) is 1.50. The van der Waals surface area contributed by atoms with Crippen LogP contribution in [0.5, 0.6) is 0 Å². The molecule has 0 aromatic rings. The van der Waals surface area contributed by atoms with E-state index in [0.717, 1.165) is 0 Å². The number of ether oxygens (including phenoxy) is 2. The van der Waals surface area contributed by atoms with E-state index in [1.807, 2.05) is 20.8 Å². The Morgan fingerprint density at radius 1 is 1.47 bits per heavy atom. The highest BCUT2D eigenvalue weighted by atomic mass is 17.2. The average molecular weight is 247 g/mol. The summed E-state index contributed by atoms with van der Waals surface area (Å²) >= 11 is 0. The predicted octanol–water partition coefficient (Wildman–Crippen LogP) is 1.20. The monoisotopic (exact) mass is 247 g/mol. The molecule has 1 amide bonds. The number of rotatable bonds is 3. The summed E-state index contributed by atoms with van der Waals surface area (Å²) in [5, 5.41) is 0. The lowest BCUT2D eigenvalue weighted by Gasteiger charge is -2.35. The smallest absolute Gasteiger partial charge is 0.410 e. The molecule has 0 radical (unpaired) electrons. The zero-order valence-electron chi connectivity index (χ0n) is 10.9. The highest BCUT2D eigenvalue weighted by Crippen LogP contribution is 2.14. The molecule has 1 aliphatic rings. The van der Waals surface area contributed by atoms with Gasteiger partial charge in [0.05, 0.1) is 26.4 Å². The van der Waals surface area contributed by atoms with E-state index in [9.17, 15) is 4.79 Å². The van der Waals surface area contributed by atoms with Gasteiger partial charge in [-0.3, -0.25) is 4.90 Å². The van der Waals surface area contributed by atoms with Gasteiger partial charge in [0.15, 0.2) is 0 Å². The molecule has 6 heteroatoms. The fraction of sp³-hybridized carbons (Fsp3) is 0.909. The van der Waals surface area contributed by atoms with Crippen molar-refractivity contribution < 1.29 is 24.0 Å². The van der Waals surface area contributed by atoms with Gasteiger partial charge < -0.3 is 9.47 Å². The lowest BCUT2D eigenvalue weighted by Crippen LogP contribution is -2.52. The quantitative estimate of drug-likeness (QED) is 0.554. The molecule has 0 aliphatic carbocycles. The first kappa shape index (κ1) is 14.2. The van der Waals surface area contributed by atoms with Crippen molar-refractivity contribution in [1.29, 1.82) is 0 Å². The van der Waals surface area contributed by atoms with Crippen molar-refractivity contribution in [1.82, 2.24) is 4.90 Å². The summed E-state index contributed by atoms with van der Waals surface area (Å²) in [5.74, 6) is 0. The van der Waals surface area contributed by atoms with Crippen molar-refractivity contribution in [2.24, 2.45) is 0 Å². The maximum absolute atomic E-state index is 11.9. The molecule has 1 saturated heterocycles. The van der Waals surface area contributed by atoms with Gasteiger partial charge in [0.1, 0.15) is 12.2 Å². The van der Waals surface area contributed by atoms with E-state index in [1.165, 1.54) is 7.11 Å². The predicted molar refractivity (Wildman–Crippen MR) is 60.5 cm³/mol. The molecule has 1 heterocycles. The maximum Gasteiger partial charge on any atom is 0.410 e. The number of morpholine rings is 1. The van der Waals surface area contributed by atoms with Crippen LogP contribution in [0.1, 0.15) is 20.8 Å². The minimum Gasteiger partial charge on any atom is -0.444 e. The summed E-state index contributed by atoms with van der Waals surface area (Å²) in [6.45, 7) is 7.25. The lowest BCUT2D eigenvalue weighted by atomic mass is 10.2. The number of hydrogen-bond donors (Lipinski definition) is 0. The first-order valence-electron chi connectivity index (χ1n) is 5.67. The Labute approximate surface area is 102 Å². The van der Waals surface area contributed by atoms with Gasteiger partial charge in [-0.2, -0.15) is 0 Å². The van der Waals surface area contributed by atoms with Crippen molar-refractivity contribution >= 4 is 6.09 Å². The van der Waals surface area contributed by atoms with Crippen LogP contribution in [0.4, 0.5) is 4.79 Å². The molecular formula is C11H21NO5. The average Bonchev–Trinajstić information content (AvgIpc) is 2.24. The van der Waals surface area contributed by atoms with Gasteiger partial charge in [0.2, 0.25) is 0 Å². The molecule has 0 N–H and O–H groups in total. The zero-order chi connectivity index (χ0) is 12.9. The number of carbonyl (C=O) groups excluding carboxylic acids is 1. The van der Waals surface area contributed by atoms with Crippen molar-refractivity contribution in [2.45, 2.75) is 32.4 Å². The summed E-state index contributed by atoms with van der Waals surface area (Å²) in [6.07, 6.45) is -0.342. The molecule has 1 fully saturated rings. The SMILES string of the molecule is COOC[C@H]1COCCN1C(=O)OC(C)(C)C. The summed E-state index contributed by atoms with van der Waals surface area (Å²) in [4.78, 5) is 23.0. The molecule has 0 bridgehead atoms. The number of hydrogen-bond acceptors (Lipinski definition) is 5. The molecular weight excluding hydrogens is 226 g/mol. The molecule has 17 heavy (non-hydrogen) atoms. The Bertz CT molecular complexity index is 251. The third-order valence-corrected chi connectivity index (χ3v) is 2.23. The minimum atomic E-state index is -0.498. The molecule has 0 spiro atoms. The van der Waals surface area contributed by atoms with Crippen LogP contribution in [0.3, 0.4) is 0 Å². The van der Waals surface area contributed by atoms with Gasteiger partial charge in [-0.15, -0.1) is 0 Å². The van der Waals surface area contributed by atoms with Crippen molar-refractivity contribution in [3.63, 3.8) is 0 Å². The second-order valence-corrected chi connectivity index (χ2v) is 4.85. The minimum absolute atomic E-state index is 0.168. The van der Waals surface area contributed by atoms with Crippen molar-refractivity contribution in [3.8, 4) is 0 Å². The maximum atomic E-state index is 11.9. The second kappa shape index (κ2) is 6.18. The van der Waals surface area contributed by atoms with Crippen LogP contribution in [0.2, 0.25) is 0 Å². The van der Waals surface area contributed by atoms with Gasteiger partial charge in [0.25, 0.3) is 0 Å². The topological polar surface area (TPSA) is 57.2 Å². The van der Waals surface area contributed by atoms with Crippen LogP contribution < -0.4 is 0 Å². The van der Waals surface area contributed by atoms with Gasteiger partial charge >= 0.3 is 6.09 Å². The first-order chi connectivity index (χ1) is 7.94. The Hall–Kier alpha value is -0.850. The molecule has 0 saturated carbocycles. The van der Waals surface area contributed by atoms with E-state index in [2.05, 4.69) is 4.89 Å². The van der Waals surface area contributed by atoms with Gasteiger partial charge in [0, 0.05) is 6.54 Å². The molecule has 6 nitrogen and oxygen atoms in total. The van der Waals surface area contributed by atoms with Crippen LogP contribution in [0, 0.1) is 0 Å². The standard InChI is InChI=1S/C11H21NO5/c1-11(2,3)17-10(13)12-5-6-15-7-9(12)8-16-14-4/h9H,5-8H2,1-4H3/t9-/m1/s1. The Morgan fingerprint density at radius 2 is 2.18 bits per heavy atom. The van der Waals surface area contributed by atoms with E-state index in [0.29, 0.717) is 19.8 Å². The Morgan fingerprint density at radius 3 is 2.76 bits per heavy atom. The molecule has 0 aromatic heterocycles. The second-order valence-electron chi connectivity index (χ2n) is 4.85. The van der Waals surface area contributed by atoms with Crippen LogP contribution in [-0.2, 0) is 19.2 Å². The fourth-order valence-electron chi connectivity index (χ4n) is 1.50. The van der Waals surface area contributed by atoms with E-state index in [1.54, 1.807) is 4.90 Å². The highest BCUT2D eigenvalue weighted by Gasteiger charge is 2.31. The number of nitrogens with zero attached hydrogens (tertiary/aromatic N) is 1.